The molecule has 36 heavy (non-hydrogen) atoms. The van der Waals surface area contributed by atoms with Gasteiger partial charge in [-0.25, -0.2) is 9.78 Å². The molecule has 0 saturated heterocycles. The van der Waals surface area contributed by atoms with Crippen LogP contribution in [0.3, 0.4) is 0 Å². The summed E-state index contributed by atoms with van der Waals surface area (Å²) in [6.07, 6.45) is 2.96. The first-order chi connectivity index (χ1) is 17.2. The Labute approximate surface area is 212 Å². The number of carbonyl (C=O) groups is 2. The Hall–Kier alpha value is -3.93. The molecule has 0 saturated carbocycles. The maximum atomic E-state index is 12.8. The minimum Gasteiger partial charge on any atom is -0.456 e. The summed E-state index contributed by atoms with van der Waals surface area (Å²) in [6.45, 7) is 8.37. The summed E-state index contributed by atoms with van der Waals surface area (Å²) in [4.78, 5) is 29.4. The van der Waals surface area contributed by atoms with E-state index in [2.05, 4.69) is 23.6 Å². The van der Waals surface area contributed by atoms with Crippen molar-refractivity contribution in [3.63, 3.8) is 0 Å². The number of hydrogen-bond donors (Lipinski definition) is 1. The molecule has 0 radical (unpaired) electrons. The first kappa shape index (κ1) is 25.2. The van der Waals surface area contributed by atoms with Gasteiger partial charge in [0.05, 0.1) is 16.6 Å². The largest absolute Gasteiger partial charge is 0.456 e. The van der Waals surface area contributed by atoms with E-state index in [0.717, 1.165) is 52.8 Å². The molecule has 0 spiro atoms. The van der Waals surface area contributed by atoms with Crippen molar-refractivity contribution in [2.24, 2.45) is 5.73 Å². The van der Waals surface area contributed by atoms with Gasteiger partial charge in [-0.15, -0.1) is 0 Å². The third-order valence-corrected chi connectivity index (χ3v) is 6.02. The van der Waals surface area contributed by atoms with E-state index in [1.54, 1.807) is 12.1 Å². The van der Waals surface area contributed by atoms with Gasteiger partial charge in [0, 0.05) is 18.5 Å². The van der Waals surface area contributed by atoms with E-state index in [0.29, 0.717) is 17.7 Å². The van der Waals surface area contributed by atoms with E-state index in [9.17, 15) is 9.59 Å². The zero-order valence-corrected chi connectivity index (χ0v) is 21.4. The molecule has 0 atom stereocenters. The van der Waals surface area contributed by atoms with E-state index in [-0.39, 0.29) is 5.97 Å². The number of hydrogen-bond acceptors (Lipinski definition) is 4. The quantitative estimate of drug-likeness (QED) is 0.305. The minimum atomic E-state index is -0.564. The van der Waals surface area contributed by atoms with Crippen molar-refractivity contribution >= 4 is 22.9 Å². The fourth-order valence-corrected chi connectivity index (χ4v) is 4.25. The number of primary amides is 1. The Morgan fingerprint density at radius 1 is 1.00 bits per heavy atom. The second-order valence-corrected chi connectivity index (χ2v) is 10.0. The van der Waals surface area contributed by atoms with Crippen molar-refractivity contribution in [3.8, 4) is 11.1 Å². The van der Waals surface area contributed by atoms with Crippen LogP contribution in [-0.2, 0) is 17.7 Å². The standard InChI is InChI=1S/C30H33N3O3/c1-5-6-11-27-32-25-17-16-22(28(31)34)18-26(25)33(27)19-20-12-14-21(15-13-20)23-9-7-8-10-24(23)29(35)36-30(2,3)4/h7-10,12-18H,5-6,11,19H2,1-4H3,(H2,31,34). The minimum absolute atomic E-state index is 0.335. The van der Waals surface area contributed by atoms with Crippen molar-refractivity contribution < 1.29 is 14.3 Å². The predicted molar refractivity (Wildman–Crippen MR) is 143 cm³/mol. The van der Waals surface area contributed by atoms with Gasteiger partial charge in [0.1, 0.15) is 11.4 Å². The number of ether oxygens (including phenoxy) is 1. The molecule has 0 aliphatic carbocycles. The van der Waals surface area contributed by atoms with Crippen LogP contribution in [0.4, 0.5) is 0 Å². The summed E-state index contributed by atoms with van der Waals surface area (Å²) in [5.74, 6) is 0.207. The number of fused-ring (bicyclic) bond motifs is 1. The van der Waals surface area contributed by atoms with Crippen LogP contribution < -0.4 is 5.73 Å². The summed E-state index contributed by atoms with van der Waals surface area (Å²) < 4.78 is 7.78. The van der Waals surface area contributed by atoms with Gasteiger partial charge in [-0.1, -0.05) is 55.8 Å². The molecule has 0 aliphatic rings. The summed E-state index contributed by atoms with van der Waals surface area (Å²) in [7, 11) is 0. The number of amides is 1. The third-order valence-electron chi connectivity index (χ3n) is 6.02. The maximum absolute atomic E-state index is 12.8. The van der Waals surface area contributed by atoms with Gasteiger partial charge in [-0.3, -0.25) is 4.79 Å². The van der Waals surface area contributed by atoms with Gasteiger partial charge in [0.2, 0.25) is 5.91 Å². The highest BCUT2D eigenvalue weighted by Crippen LogP contribution is 2.27. The van der Waals surface area contributed by atoms with Crippen molar-refractivity contribution in [2.45, 2.75) is 59.1 Å². The Kier molecular flexibility index (Phi) is 7.25. The SMILES string of the molecule is CCCCc1nc2ccc(C(N)=O)cc2n1Cc1ccc(-c2ccccc2C(=O)OC(C)(C)C)cc1. The number of esters is 1. The molecule has 0 aliphatic heterocycles. The van der Waals surface area contributed by atoms with Crippen LogP contribution >= 0.6 is 0 Å². The first-order valence-electron chi connectivity index (χ1n) is 12.4. The molecule has 186 valence electrons. The van der Waals surface area contributed by atoms with Crippen molar-refractivity contribution in [1.82, 2.24) is 9.55 Å². The highest BCUT2D eigenvalue weighted by atomic mass is 16.6. The zero-order chi connectivity index (χ0) is 25.9. The molecule has 1 amide bonds. The van der Waals surface area contributed by atoms with E-state index >= 15 is 0 Å². The number of nitrogens with zero attached hydrogens (tertiary/aromatic N) is 2. The second-order valence-electron chi connectivity index (χ2n) is 10.0. The van der Waals surface area contributed by atoms with Crippen LogP contribution in [0.15, 0.2) is 66.7 Å². The molecule has 4 rings (SSSR count). The number of unbranched alkanes of at least 4 members (excludes halogenated alkanes) is 1. The fourth-order valence-electron chi connectivity index (χ4n) is 4.25. The summed E-state index contributed by atoms with van der Waals surface area (Å²) >= 11 is 0. The smallest absolute Gasteiger partial charge is 0.339 e. The molecule has 6 nitrogen and oxygen atoms in total. The van der Waals surface area contributed by atoms with E-state index in [1.165, 1.54) is 0 Å². The van der Waals surface area contributed by atoms with Gasteiger partial charge in [-0.05, 0) is 68.1 Å². The van der Waals surface area contributed by atoms with Gasteiger partial charge >= 0.3 is 5.97 Å². The Balaban J connectivity index is 1.66. The van der Waals surface area contributed by atoms with Crippen LogP contribution in [-0.4, -0.2) is 27.0 Å². The topological polar surface area (TPSA) is 87.2 Å². The van der Waals surface area contributed by atoms with Crippen LogP contribution in [0.1, 0.15) is 72.6 Å². The molecule has 6 heteroatoms. The zero-order valence-electron chi connectivity index (χ0n) is 21.4. The molecule has 0 bridgehead atoms. The van der Waals surface area contributed by atoms with Gasteiger partial charge in [-0.2, -0.15) is 0 Å². The number of aryl methyl sites for hydroxylation is 1. The number of aromatic nitrogens is 2. The fraction of sp³-hybridized carbons (Fsp3) is 0.300. The molecule has 0 unspecified atom stereocenters. The summed E-state index contributed by atoms with van der Waals surface area (Å²) in [6, 6.07) is 21.1. The van der Waals surface area contributed by atoms with Crippen LogP contribution in [0.2, 0.25) is 0 Å². The number of benzene rings is 3. The number of imidazole rings is 1. The lowest BCUT2D eigenvalue weighted by molar-refractivity contribution is 0.00703. The van der Waals surface area contributed by atoms with Gasteiger partial charge < -0.3 is 15.0 Å². The first-order valence-corrected chi connectivity index (χ1v) is 12.4. The summed E-state index contributed by atoms with van der Waals surface area (Å²) in [5.41, 5.74) is 10.6. The van der Waals surface area contributed by atoms with Crippen LogP contribution in [0.5, 0.6) is 0 Å². The molecular formula is C30H33N3O3. The molecule has 0 fully saturated rings. The van der Waals surface area contributed by atoms with E-state index in [4.69, 9.17) is 15.5 Å². The predicted octanol–water partition coefficient (Wildman–Crippen LogP) is 6.15. The van der Waals surface area contributed by atoms with E-state index < -0.39 is 11.5 Å². The average molecular weight is 484 g/mol. The summed E-state index contributed by atoms with van der Waals surface area (Å²) in [5, 5.41) is 0. The molecule has 1 heterocycles. The average Bonchev–Trinajstić information content (AvgIpc) is 3.18. The van der Waals surface area contributed by atoms with Crippen molar-refractivity contribution in [1.29, 1.82) is 0 Å². The monoisotopic (exact) mass is 483 g/mol. The molecule has 1 aromatic heterocycles. The van der Waals surface area contributed by atoms with E-state index in [1.807, 2.05) is 63.2 Å². The lowest BCUT2D eigenvalue weighted by atomic mass is 9.98. The Morgan fingerprint density at radius 2 is 1.72 bits per heavy atom. The van der Waals surface area contributed by atoms with Crippen LogP contribution in [0.25, 0.3) is 22.2 Å². The Bertz CT molecular complexity index is 1400. The van der Waals surface area contributed by atoms with Crippen molar-refractivity contribution in [3.05, 3.63) is 89.2 Å². The van der Waals surface area contributed by atoms with Crippen LogP contribution in [0, 0.1) is 0 Å². The molecule has 4 aromatic rings. The molecule has 3 aromatic carbocycles. The maximum Gasteiger partial charge on any atom is 0.339 e. The lowest BCUT2D eigenvalue weighted by Gasteiger charge is -2.20. The highest BCUT2D eigenvalue weighted by molar-refractivity contribution is 5.97. The third kappa shape index (κ3) is 5.65. The molecule has 2 N–H and O–H groups in total. The second kappa shape index (κ2) is 10.4. The highest BCUT2D eigenvalue weighted by Gasteiger charge is 2.21. The normalized spacial score (nSPS) is 11.6. The Morgan fingerprint density at radius 3 is 2.39 bits per heavy atom. The van der Waals surface area contributed by atoms with Gasteiger partial charge in [0.25, 0.3) is 0 Å². The number of nitrogens with two attached hydrogens (primary N) is 1. The van der Waals surface area contributed by atoms with Crippen molar-refractivity contribution in [2.75, 3.05) is 0 Å². The molecular weight excluding hydrogens is 450 g/mol. The van der Waals surface area contributed by atoms with Gasteiger partial charge in [0.15, 0.2) is 0 Å². The number of rotatable bonds is 8. The lowest BCUT2D eigenvalue weighted by Crippen LogP contribution is -2.24. The number of carbonyl (C=O) groups excluding carboxylic acids is 2.